The lowest BCUT2D eigenvalue weighted by Gasteiger charge is -2.19. The van der Waals surface area contributed by atoms with Crippen LogP contribution in [0.3, 0.4) is 0 Å². The van der Waals surface area contributed by atoms with Gasteiger partial charge in [0, 0.05) is 41.8 Å². The van der Waals surface area contributed by atoms with Gasteiger partial charge in [-0.15, -0.1) is 0 Å². The summed E-state index contributed by atoms with van der Waals surface area (Å²) in [7, 11) is 0. The lowest BCUT2D eigenvalue weighted by molar-refractivity contribution is 0.246. The minimum Gasteiger partial charge on any atom is -0.396 e. The van der Waals surface area contributed by atoms with Crippen LogP contribution in [0.5, 0.6) is 0 Å². The van der Waals surface area contributed by atoms with Crippen molar-refractivity contribution in [2.75, 3.05) is 6.61 Å². The van der Waals surface area contributed by atoms with E-state index < -0.39 is 0 Å². The van der Waals surface area contributed by atoms with Crippen LogP contribution in [-0.4, -0.2) is 28.0 Å². The number of nitrogens with one attached hydrogen (secondary N) is 2. The monoisotopic (exact) mass is 249 g/mol. The molecule has 0 bridgehead atoms. The third-order valence-electron chi connectivity index (χ3n) is 3.43. The Balaban J connectivity index is 1.92. The van der Waals surface area contributed by atoms with Crippen LogP contribution in [0, 0.1) is 5.92 Å². The third-order valence-corrected chi connectivity index (χ3v) is 3.43. The number of aromatic amines is 1. The van der Waals surface area contributed by atoms with Gasteiger partial charge in [-0.2, -0.15) is 5.10 Å². The fourth-order valence-corrected chi connectivity index (χ4v) is 2.40. The van der Waals surface area contributed by atoms with E-state index in [9.17, 15) is 0 Å². The fourth-order valence-electron chi connectivity index (χ4n) is 2.40. The Hall–Kier alpha value is -1.13. The molecule has 0 saturated heterocycles. The van der Waals surface area contributed by atoms with E-state index in [4.69, 9.17) is 5.11 Å². The predicted octanol–water partition coefficient (Wildman–Crippen LogP) is 1.73. The second kappa shape index (κ2) is 5.24. The van der Waals surface area contributed by atoms with Crippen LogP contribution >= 0.6 is 0 Å². The SMILES string of the molecule is CC(C)(C)c1[nH]ncc1CN[C@@H]1C=C[C@H](CO)C1. The average Bonchev–Trinajstić information content (AvgIpc) is 2.94. The van der Waals surface area contributed by atoms with Crippen LogP contribution in [0.15, 0.2) is 18.3 Å². The number of aliphatic hydroxyl groups is 1. The van der Waals surface area contributed by atoms with Crippen molar-refractivity contribution in [2.45, 2.75) is 45.2 Å². The highest BCUT2D eigenvalue weighted by molar-refractivity contribution is 5.23. The number of aromatic nitrogens is 2. The normalized spacial score (nSPS) is 23.8. The van der Waals surface area contributed by atoms with E-state index in [0.29, 0.717) is 12.0 Å². The number of hydrogen-bond acceptors (Lipinski definition) is 3. The molecule has 1 aliphatic carbocycles. The van der Waals surface area contributed by atoms with Gasteiger partial charge in [0.25, 0.3) is 0 Å². The molecule has 0 amide bonds. The van der Waals surface area contributed by atoms with Gasteiger partial charge in [0.05, 0.1) is 6.20 Å². The first-order chi connectivity index (χ1) is 8.50. The maximum atomic E-state index is 9.09. The fraction of sp³-hybridized carbons (Fsp3) is 0.643. The zero-order valence-corrected chi connectivity index (χ0v) is 11.4. The minimum atomic E-state index is 0.0899. The summed E-state index contributed by atoms with van der Waals surface area (Å²) >= 11 is 0. The predicted molar refractivity (Wildman–Crippen MR) is 72.2 cm³/mol. The number of aliphatic hydroxyl groups excluding tert-OH is 1. The smallest absolute Gasteiger partial charge is 0.0535 e. The molecular weight excluding hydrogens is 226 g/mol. The topological polar surface area (TPSA) is 60.9 Å². The zero-order valence-electron chi connectivity index (χ0n) is 11.4. The summed E-state index contributed by atoms with van der Waals surface area (Å²) in [6, 6.07) is 0.366. The molecule has 0 fully saturated rings. The van der Waals surface area contributed by atoms with Crippen molar-refractivity contribution in [1.29, 1.82) is 0 Å². The average molecular weight is 249 g/mol. The van der Waals surface area contributed by atoms with Crippen molar-refractivity contribution in [3.8, 4) is 0 Å². The van der Waals surface area contributed by atoms with Gasteiger partial charge in [0.15, 0.2) is 0 Å². The molecule has 2 rings (SSSR count). The summed E-state index contributed by atoms with van der Waals surface area (Å²) in [6.07, 6.45) is 7.13. The molecule has 0 unspecified atom stereocenters. The molecule has 0 spiro atoms. The second-order valence-electron chi connectivity index (χ2n) is 6.07. The molecule has 1 heterocycles. The number of hydrogen-bond donors (Lipinski definition) is 3. The van der Waals surface area contributed by atoms with Gasteiger partial charge in [-0.3, -0.25) is 5.10 Å². The number of H-pyrrole nitrogens is 1. The van der Waals surface area contributed by atoms with Gasteiger partial charge in [-0.05, 0) is 6.42 Å². The van der Waals surface area contributed by atoms with Gasteiger partial charge in [-0.25, -0.2) is 0 Å². The molecule has 0 saturated carbocycles. The summed E-state index contributed by atoms with van der Waals surface area (Å²) < 4.78 is 0. The van der Waals surface area contributed by atoms with Crippen LogP contribution in [0.25, 0.3) is 0 Å². The van der Waals surface area contributed by atoms with Crippen molar-refractivity contribution >= 4 is 0 Å². The Labute approximate surface area is 108 Å². The van der Waals surface area contributed by atoms with Gasteiger partial charge in [-0.1, -0.05) is 32.9 Å². The Morgan fingerprint density at radius 3 is 2.83 bits per heavy atom. The molecule has 0 aliphatic heterocycles. The van der Waals surface area contributed by atoms with Crippen LogP contribution in [-0.2, 0) is 12.0 Å². The molecule has 100 valence electrons. The Morgan fingerprint density at radius 1 is 1.44 bits per heavy atom. The second-order valence-corrected chi connectivity index (χ2v) is 6.07. The third kappa shape index (κ3) is 3.00. The van der Waals surface area contributed by atoms with Gasteiger partial charge >= 0.3 is 0 Å². The van der Waals surface area contributed by atoms with E-state index in [1.165, 1.54) is 11.3 Å². The van der Waals surface area contributed by atoms with E-state index in [1.54, 1.807) is 0 Å². The minimum absolute atomic E-state index is 0.0899. The standard InChI is InChI=1S/C14H23N3O/c1-14(2,3)13-11(8-16-17-13)7-15-12-5-4-10(6-12)9-18/h4-5,8,10,12,15,18H,6-7,9H2,1-3H3,(H,16,17)/t10-,12+/m0/s1. The Kier molecular flexibility index (Phi) is 3.88. The lowest BCUT2D eigenvalue weighted by atomic mass is 9.89. The van der Waals surface area contributed by atoms with E-state index in [1.807, 2.05) is 6.20 Å². The summed E-state index contributed by atoms with van der Waals surface area (Å²) in [6.45, 7) is 7.60. The molecule has 0 aromatic carbocycles. The maximum absolute atomic E-state index is 9.09. The Bertz CT molecular complexity index is 417. The molecule has 4 heteroatoms. The van der Waals surface area contributed by atoms with Crippen molar-refractivity contribution < 1.29 is 5.11 Å². The highest BCUT2D eigenvalue weighted by Gasteiger charge is 2.21. The molecule has 1 aliphatic rings. The number of nitrogens with zero attached hydrogens (tertiary/aromatic N) is 1. The number of rotatable bonds is 4. The quantitative estimate of drug-likeness (QED) is 0.712. The van der Waals surface area contributed by atoms with E-state index in [-0.39, 0.29) is 12.0 Å². The highest BCUT2D eigenvalue weighted by atomic mass is 16.3. The molecule has 1 aromatic rings. The van der Waals surface area contributed by atoms with E-state index in [0.717, 1.165) is 13.0 Å². The van der Waals surface area contributed by atoms with E-state index >= 15 is 0 Å². The first-order valence-corrected chi connectivity index (χ1v) is 6.56. The zero-order chi connectivity index (χ0) is 13.2. The van der Waals surface area contributed by atoms with Crippen molar-refractivity contribution in [2.24, 2.45) is 5.92 Å². The summed E-state index contributed by atoms with van der Waals surface area (Å²) in [4.78, 5) is 0. The summed E-state index contributed by atoms with van der Waals surface area (Å²) in [5.74, 6) is 0.314. The van der Waals surface area contributed by atoms with Gasteiger partial charge in [0.1, 0.15) is 0 Å². The van der Waals surface area contributed by atoms with Crippen molar-refractivity contribution in [1.82, 2.24) is 15.5 Å². The molecule has 0 radical (unpaired) electrons. The van der Waals surface area contributed by atoms with Crippen molar-refractivity contribution in [3.63, 3.8) is 0 Å². The molecule has 3 N–H and O–H groups in total. The first kappa shape index (κ1) is 13.3. The van der Waals surface area contributed by atoms with Crippen molar-refractivity contribution in [3.05, 3.63) is 29.6 Å². The largest absolute Gasteiger partial charge is 0.396 e. The van der Waals surface area contributed by atoms with Crippen LogP contribution in [0.2, 0.25) is 0 Å². The van der Waals surface area contributed by atoms with Gasteiger partial charge in [0.2, 0.25) is 0 Å². The Morgan fingerprint density at radius 2 is 2.22 bits per heavy atom. The summed E-state index contributed by atoms with van der Waals surface area (Å²) in [5, 5.41) is 19.8. The first-order valence-electron chi connectivity index (χ1n) is 6.56. The molecule has 4 nitrogen and oxygen atoms in total. The van der Waals surface area contributed by atoms with E-state index in [2.05, 4.69) is 48.4 Å². The maximum Gasteiger partial charge on any atom is 0.0535 e. The molecular formula is C14H23N3O. The molecule has 18 heavy (non-hydrogen) atoms. The highest BCUT2D eigenvalue weighted by Crippen LogP contribution is 2.24. The van der Waals surface area contributed by atoms with Crippen LogP contribution in [0.1, 0.15) is 38.4 Å². The van der Waals surface area contributed by atoms with Crippen LogP contribution in [0.4, 0.5) is 0 Å². The molecule has 1 aromatic heterocycles. The lowest BCUT2D eigenvalue weighted by Crippen LogP contribution is -2.27. The van der Waals surface area contributed by atoms with Gasteiger partial charge < -0.3 is 10.4 Å². The molecule has 2 atom stereocenters. The summed E-state index contributed by atoms with van der Waals surface area (Å²) in [5.41, 5.74) is 2.51. The van der Waals surface area contributed by atoms with Crippen LogP contribution < -0.4 is 5.32 Å².